The van der Waals surface area contributed by atoms with Gasteiger partial charge in [-0.15, -0.1) is 0 Å². The van der Waals surface area contributed by atoms with Gasteiger partial charge in [0.05, 0.1) is 25.0 Å². The van der Waals surface area contributed by atoms with Gasteiger partial charge in [0, 0.05) is 25.2 Å². The lowest BCUT2D eigenvalue weighted by atomic mass is 9.81. The van der Waals surface area contributed by atoms with Crippen LogP contribution in [0.3, 0.4) is 0 Å². The van der Waals surface area contributed by atoms with E-state index in [1.54, 1.807) is 48.4 Å². The van der Waals surface area contributed by atoms with Crippen LogP contribution in [0.5, 0.6) is 0 Å². The van der Waals surface area contributed by atoms with Gasteiger partial charge in [0.15, 0.2) is 0 Å². The number of ether oxygens (including phenoxy) is 1. The van der Waals surface area contributed by atoms with Crippen molar-refractivity contribution in [3.63, 3.8) is 0 Å². The summed E-state index contributed by atoms with van der Waals surface area (Å²) in [6.07, 6.45) is 3.68. The van der Waals surface area contributed by atoms with Crippen molar-refractivity contribution in [2.75, 3.05) is 25.0 Å². The van der Waals surface area contributed by atoms with E-state index in [0.29, 0.717) is 43.9 Å². The number of carbonyl (C=O) groups excluding carboxylic acids is 3. The molecule has 3 amide bonds. The number of rotatable bonds is 8. The van der Waals surface area contributed by atoms with Crippen LogP contribution in [0.15, 0.2) is 47.1 Å². The molecular formula is C24H31N3O5. The monoisotopic (exact) mass is 441 g/mol. The molecule has 0 aliphatic carbocycles. The second-order valence-corrected chi connectivity index (χ2v) is 7.95. The molecule has 0 unspecified atom stereocenters. The fourth-order valence-corrected chi connectivity index (χ4v) is 4.05. The van der Waals surface area contributed by atoms with Crippen molar-refractivity contribution >= 4 is 23.6 Å². The number of benzene rings is 1. The molecule has 0 saturated carbocycles. The molecule has 1 aromatic heterocycles. The molecule has 1 saturated heterocycles. The molecule has 1 fully saturated rings. The zero-order valence-electron chi connectivity index (χ0n) is 18.6. The molecule has 172 valence electrons. The van der Waals surface area contributed by atoms with E-state index in [1.807, 2.05) is 6.07 Å². The highest BCUT2D eigenvalue weighted by molar-refractivity contribution is 5.94. The standard InChI is InChI=1S/C24H31N3O5/c1-3-17-16-27(11-10-18(17)14-22(28)25-15-21-9-6-12-32-21)24(30)26-20-8-5-7-19(13-20)23(29)31-4-2/h5-9,12-13,17-18H,3-4,10-11,14-16H2,1-2H3,(H,25,28)(H,26,30)/t17-,18-/m0/s1. The third kappa shape index (κ3) is 6.35. The van der Waals surface area contributed by atoms with E-state index < -0.39 is 5.97 Å². The van der Waals surface area contributed by atoms with Crippen molar-refractivity contribution in [2.45, 2.75) is 39.7 Å². The number of hydrogen-bond donors (Lipinski definition) is 2. The van der Waals surface area contributed by atoms with Crippen LogP contribution in [0.4, 0.5) is 10.5 Å². The molecule has 0 bridgehead atoms. The van der Waals surface area contributed by atoms with Gasteiger partial charge in [0.25, 0.3) is 0 Å². The average Bonchev–Trinajstić information content (AvgIpc) is 3.32. The summed E-state index contributed by atoms with van der Waals surface area (Å²) < 4.78 is 10.3. The lowest BCUT2D eigenvalue weighted by Gasteiger charge is -2.38. The van der Waals surface area contributed by atoms with Crippen LogP contribution in [0.1, 0.15) is 49.2 Å². The molecule has 1 aliphatic heterocycles. The van der Waals surface area contributed by atoms with E-state index >= 15 is 0 Å². The van der Waals surface area contributed by atoms with E-state index in [9.17, 15) is 14.4 Å². The zero-order chi connectivity index (χ0) is 22.9. The number of nitrogens with one attached hydrogen (secondary N) is 2. The van der Waals surface area contributed by atoms with Crippen LogP contribution in [0.25, 0.3) is 0 Å². The largest absolute Gasteiger partial charge is 0.467 e. The second kappa shape index (κ2) is 11.4. The SMILES string of the molecule is CCOC(=O)c1cccc(NC(=O)N2CC[C@@H](CC(=O)NCc3ccco3)[C@@H](CC)C2)c1. The number of furan rings is 1. The molecule has 0 radical (unpaired) electrons. The Morgan fingerprint density at radius 1 is 1.16 bits per heavy atom. The van der Waals surface area contributed by atoms with E-state index in [4.69, 9.17) is 9.15 Å². The first kappa shape index (κ1) is 23.4. The van der Waals surface area contributed by atoms with E-state index in [-0.39, 0.29) is 23.8 Å². The number of likely N-dealkylation sites (tertiary alicyclic amines) is 1. The molecule has 32 heavy (non-hydrogen) atoms. The van der Waals surface area contributed by atoms with Gasteiger partial charge in [-0.25, -0.2) is 9.59 Å². The predicted octanol–water partition coefficient (Wildman–Crippen LogP) is 4.04. The Labute approximate surface area is 188 Å². The Morgan fingerprint density at radius 3 is 2.72 bits per heavy atom. The van der Waals surface area contributed by atoms with Gasteiger partial charge in [-0.3, -0.25) is 4.79 Å². The van der Waals surface area contributed by atoms with Gasteiger partial charge in [0.2, 0.25) is 5.91 Å². The number of urea groups is 1. The molecule has 0 spiro atoms. The van der Waals surface area contributed by atoms with Crippen molar-refractivity contribution in [3.8, 4) is 0 Å². The first-order chi connectivity index (χ1) is 15.5. The summed E-state index contributed by atoms with van der Waals surface area (Å²) in [6, 6.07) is 10.1. The first-order valence-corrected chi connectivity index (χ1v) is 11.1. The van der Waals surface area contributed by atoms with Crippen LogP contribution in [0.2, 0.25) is 0 Å². The molecule has 8 nitrogen and oxygen atoms in total. The zero-order valence-corrected chi connectivity index (χ0v) is 18.6. The third-order valence-corrected chi connectivity index (χ3v) is 5.82. The summed E-state index contributed by atoms with van der Waals surface area (Å²) in [4.78, 5) is 38.9. The fourth-order valence-electron chi connectivity index (χ4n) is 4.05. The average molecular weight is 442 g/mol. The van der Waals surface area contributed by atoms with Gasteiger partial charge in [0.1, 0.15) is 5.76 Å². The smallest absolute Gasteiger partial charge is 0.338 e. The van der Waals surface area contributed by atoms with Gasteiger partial charge in [-0.1, -0.05) is 19.4 Å². The molecule has 2 aromatic rings. The Balaban J connectivity index is 1.51. The Bertz CT molecular complexity index is 912. The Kier molecular flexibility index (Phi) is 8.30. The number of esters is 1. The lowest BCUT2D eigenvalue weighted by Crippen LogP contribution is -2.46. The molecular weight excluding hydrogens is 410 g/mol. The minimum absolute atomic E-state index is 0.00136. The Morgan fingerprint density at radius 2 is 2.00 bits per heavy atom. The number of hydrogen-bond acceptors (Lipinski definition) is 5. The molecule has 2 N–H and O–H groups in total. The normalized spacial score (nSPS) is 18.1. The molecule has 1 aromatic carbocycles. The highest BCUT2D eigenvalue weighted by Crippen LogP contribution is 2.29. The van der Waals surface area contributed by atoms with Crippen LogP contribution in [-0.4, -0.2) is 42.5 Å². The van der Waals surface area contributed by atoms with E-state index in [2.05, 4.69) is 17.6 Å². The lowest BCUT2D eigenvalue weighted by molar-refractivity contribution is -0.123. The van der Waals surface area contributed by atoms with Crippen molar-refractivity contribution in [1.82, 2.24) is 10.2 Å². The minimum Gasteiger partial charge on any atom is -0.467 e. The number of carbonyl (C=O) groups is 3. The molecule has 2 heterocycles. The molecule has 3 rings (SSSR count). The highest BCUT2D eigenvalue weighted by Gasteiger charge is 2.31. The predicted molar refractivity (Wildman–Crippen MR) is 120 cm³/mol. The van der Waals surface area contributed by atoms with E-state index in [0.717, 1.165) is 18.6 Å². The third-order valence-electron chi connectivity index (χ3n) is 5.82. The summed E-state index contributed by atoms with van der Waals surface area (Å²) in [6.45, 7) is 5.69. The maximum Gasteiger partial charge on any atom is 0.338 e. The summed E-state index contributed by atoms with van der Waals surface area (Å²) in [5, 5.41) is 5.78. The number of amides is 3. The van der Waals surface area contributed by atoms with Crippen molar-refractivity contribution in [3.05, 3.63) is 54.0 Å². The van der Waals surface area contributed by atoms with Crippen molar-refractivity contribution < 1.29 is 23.5 Å². The molecule has 1 aliphatic rings. The second-order valence-electron chi connectivity index (χ2n) is 7.95. The number of nitrogens with zero attached hydrogens (tertiary/aromatic N) is 1. The summed E-state index contributed by atoms with van der Waals surface area (Å²) >= 11 is 0. The maximum absolute atomic E-state index is 12.8. The molecule has 8 heteroatoms. The highest BCUT2D eigenvalue weighted by atomic mass is 16.5. The number of anilines is 1. The minimum atomic E-state index is -0.416. The van der Waals surface area contributed by atoms with Crippen LogP contribution >= 0.6 is 0 Å². The Hall–Kier alpha value is -3.29. The van der Waals surface area contributed by atoms with Gasteiger partial charge < -0.3 is 24.7 Å². The van der Waals surface area contributed by atoms with Gasteiger partial charge in [-0.2, -0.15) is 0 Å². The number of piperidine rings is 1. The van der Waals surface area contributed by atoms with Gasteiger partial charge >= 0.3 is 12.0 Å². The van der Waals surface area contributed by atoms with E-state index in [1.165, 1.54) is 0 Å². The quantitative estimate of drug-likeness (QED) is 0.602. The topological polar surface area (TPSA) is 101 Å². The van der Waals surface area contributed by atoms with Crippen molar-refractivity contribution in [1.29, 1.82) is 0 Å². The molecule has 2 atom stereocenters. The van der Waals surface area contributed by atoms with Crippen LogP contribution in [-0.2, 0) is 16.1 Å². The van der Waals surface area contributed by atoms with Crippen LogP contribution < -0.4 is 10.6 Å². The fraction of sp³-hybridized carbons (Fsp3) is 0.458. The first-order valence-electron chi connectivity index (χ1n) is 11.1. The van der Waals surface area contributed by atoms with Gasteiger partial charge in [-0.05, 0) is 55.5 Å². The van der Waals surface area contributed by atoms with Crippen molar-refractivity contribution in [2.24, 2.45) is 11.8 Å². The maximum atomic E-state index is 12.8. The summed E-state index contributed by atoms with van der Waals surface area (Å²) in [5.41, 5.74) is 0.948. The summed E-state index contributed by atoms with van der Waals surface area (Å²) in [7, 11) is 0. The summed E-state index contributed by atoms with van der Waals surface area (Å²) in [5.74, 6) is 0.783. The van der Waals surface area contributed by atoms with Crippen LogP contribution in [0, 0.1) is 11.8 Å².